The van der Waals surface area contributed by atoms with Gasteiger partial charge in [0.15, 0.2) is 0 Å². The highest BCUT2D eigenvalue weighted by Gasteiger charge is 2.44. The highest BCUT2D eigenvalue weighted by atomic mass is 16.5. The Balaban J connectivity index is 2.06. The van der Waals surface area contributed by atoms with Crippen LogP contribution in [0.25, 0.3) is 0 Å². The lowest BCUT2D eigenvalue weighted by Gasteiger charge is -2.42. The fourth-order valence-corrected chi connectivity index (χ4v) is 3.22. The van der Waals surface area contributed by atoms with E-state index in [1.54, 1.807) is 0 Å². The van der Waals surface area contributed by atoms with Gasteiger partial charge in [0.2, 0.25) is 0 Å². The third-order valence-corrected chi connectivity index (χ3v) is 4.57. The van der Waals surface area contributed by atoms with E-state index in [0.29, 0.717) is 23.5 Å². The van der Waals surface area contributed by atoms with Gasteiger partial charge >= 0.3 is 0 Å². The van der Waals surface area contributed by atoms with Crippen molar-refractivity contribution in [3.8, 4) is 0 Å². The van der Waals surface area contributed by atoms with Crippen LogP contribution >= 0.6 is 0 Å². The average Bonchev–Trinajstić information content (AvgIpc) is 2.54. The molecule has 16 heavy (non-hydrogen) atoms. The Labute approximate surface area is 99.3 Å². The summed E-state index contributed by atoms with van der Waals surface area (Å²) in [6.45, 7) is 9.68. The Morgan fingerprint density at radius 1 is 1.44 bits per heavy atom. The largest absolute Gasteiger partial charge is 0.378 e. The monoisotopic (exact) mass is 226 g/mol. The van der Waals surface area contributed by atoms with Crippen LogP contribution < -0.4 is 5.73 Å². The molecule has 1 saturated carbocycles. The lowest BCUT2D eigenvalue weighted by atomic mass is 9.86. The molecule has 0 radical (unpaired) electrons. The molecule has 1 saturated heterocycles. The lowest BCUT2D eigenvalue weighted by Crippen LogP contribution is -2.56. The molecule has 1 heterocycles. The number of nitrogens with zero attached hydrogens (tertiary/aromatic N) is 1. The van der Waals surface area contributed by atoms with Gasteiger partial charge in [-0.1, -0.05) is 20.8 Å². The number of nitrogens with two attached hydrogens (primary N) is 1. The first kappa shape index (κ1) is 12.3. The molecule has 0 spiro atoms. The summed E-state index contributed by atoms with van der Waals surface area (Å²) in [5, 5.41) is 0. The van der Waals surface area contributed by atoms with Crippen LogP contribution in [0.5, 0.6) is 0 Å². The van der Waals surface area contributed by atoms with Crippen molar-refractivity contribution >= 4 is 0 Å². The summed E-state index contributed by atoms with van der Waals surface area (Å²) in [5.41, 5.74) is 6.73. The molecule has 0 aromatic rings. The van der Waals surface area contributed by atoms with Crippen LogP contribution in [0.3, 0.4) is 0 Å². The molecule has 1 aliphatic heterocycles. The third kappa shape index (κ3) is 2.13. The summed E-state index contributed by atoms with van der Waals surface area (Å²) < 4.78 is 5.57. The van der Waals surface area contributed by atoms with Crippen LogP contribution in [-0.2, 0) is 4.74 Å². The smallest absolute Gasteiger partial charge is 0.0622 e. The van der Waals surface area contributed by atoms with Crippen LogP contribution in [-0.4, -0.2) is 42.8 Å². The molecule has 0 bridgehead atoms. The van der Waals surface area contributed by atoms with Crippen molar-refractivity contribution in [3.05, 3.63) is 0 Å². The minimum absolute atomic E-state index is 0.307. The minimum Gasteiger partial charge on any atom is -0.378 e. The summed E-state index contributed by atoms with van der Waals surface area (Å²) in [4.78, 5) is 2.61. The van der Waals surface area contributed by atoms with Crippen molar-refractivity contribution < 1.29 is 4.74 Å². The summed E-state index contributed by atoms with van der Waals surface area (Å²) in [7, 11) is 0. The number of rotatable bonds is 2. The van der Waals surface area contributed by atoms with E-state index < -0.39 is 0 Å². The second-order valence-corrected chi connectivity index (χ2v) is 6.00. The Morgan fingerprint density at radius 3 is 2.75 bits per heavy atom. The first-order valence-electron chi connectivity index (χ1n) is 6.65. The number of hydrogen-bond donors (Lipinski definition) is 1. The fraction of sp³-hybridized carbons (Fsp3) is 1.00. The molecule has 3 nitrogen and oxygen atoms in total. The first-order valence-corrected chi connectivity index (χ1v) is 6.65. The fourth-order valence-electron chi connectivity index (χ4n) is 3.22. The number of hydrogen-bond acceptors (Lipinski definition) is 3. The van der Waals surface area contributed by atoms with Crippen molar-refractivity contribution in [2.24, 2.45) is 11.1 Å². The van der Waals surface area contributed by atoms with E-state index in [2.05, 4.69) is 25.7 Å². The SMILES string of the molecule is CCC1COCCN1C1CCC(C)(C)C1N. The van der Waals surface area contributed by atoms with E-state index in [9.17, 15) is 0 Å². The van der Waals surface area contributed by atoms with Gasteiger partial charge in [-0.2, -0.15) is 0 Å². The molecule has 3 unspecified atom stereocenters. The van der Waals surface area contributed by atoms with Gasteiger partial charge in [-0.25, -0.2) is 0 Å². The van der Waals surface area contributed by atoms with Gasteiger partial charge in [0.05, 0.1) is 13.2 Å². The maximum Gasteiger partial charge on any atom is 0.0622 e. The molecular weight excluding hydrogens is 200 g/mol. The van der Waals surface area contributed by atoms with E-state index in [4.69, 9.17) is 10.5 Å². The summed E-state index contributed by atoms with van der Waals surface area (Å²) in [6.07, 6.45) is 3.68. The molecule has 0 aromatic carbocycles. The van der Waals surface area contributed by atoms with E-state index in [-0.39, 0.29) is 0 Å². The Morgan fingerprint density at radius 2 is 2.19 bits per heavy atom. The summed E-state index contributed by atoms with van der Waals surface area (Å²) >= 11 is 0. The molecule has 2 fully saturated rings. The van der Waals surface area contributed by atoms with Crippen molar-refractivity contribution in [2.45, 2.75) is 58.2 Å². The van der Waals surface area contributed by atoms with Crippen LogP contribution in [0.1, 0.15) is 40.0 Å². The van der Waals surface area contributed by atoms with Gasteiger partial charge in [0, 0.05) is 24.7 Å². The Hall–Kier alpha value is -0.120. The van der Waals surface area contributed by atoms with Crippen molar-refractivity contribution in [1.29, 1.82) is 0 Å². The topological polar surface area (TPSA) is 38.5 Å². The standard InChI is InChI=1S/C13H26N2O/c1-4-10-9-16-8-7-15(10)11-5-6-13(2,3)12(11)14/h10-12H,4-9,14H2,1-3H3. The lowest BCUT2D eigenvalue weighted by molar-refractivity contribution is -0.0340. The third-order valence-electron chi connectivity index (χ3n) is 4.57. The molecule has 3 atom stereocenters. The van der Waals surface area contributed by atoms with E-state index >= 15 is 0 Å². The van der Waals surface area contributed by atoms with Gasteiger partial charge < -0.3 is 10.5 Å². The predicted octanol–water partition coefficient (Wildman–Crippen LogP) is 1.61. The van der Waals surface area contributed by atoms with Crippen LogP contribution in [0.2, 0.25) is 0 Å². The van der Waals surface area contributed by atoms with Crippen LogP contribution in [0, 0.1) is 5.41 Å². The first-order chi connectivity index (χ1) is 7.56. The van der Waals surface area contributed by atoms with Gasteiger partial charge in [0.1, 0.15) is 0 Å². The maximum atomic E-state index is 6.42. The second kappa shape index (κ2) is 4.63. The molecular formula is C13H26N2O. The van der Waals surface area contributed by atoms with E-state index in [0.717, 1.165) is 19.8 Å². The molecule has 3 heteroatoms. The minimum atomic E-state index is 0.307. The zero-order valence-corrected chi connectivity index (χ0v) is 10.9. The van der Waals surface area contributed by atoms with Crippen molar-refractivity contribution in [3.63, 3.8) is 0 Å². The normalized spacial score (nSPS) is 40.1. The van der Waals surface area contributed by atoms with Crippen LogP contribution in [0.4, 0.5) is 0 Å². The predicted molar refractivity (Wildman–Crippen MR) is 66.4 cm³/mol. The van der Waals surface area contributed by atoms with E-state index in [1.165, 1.54) is 19.3 Å². The van der Waals surface area contributed by atoms with Gasteiger partial charge in [-0.3, -0.25) is 4.90 Å². The van der Waals surface area contributed by atoms with Crippen LogP contribution in [0.15, 0.2) is 0 Å². The molecule has 1 aliphatic carbocycles. The highest BCUT2D eigenvalue weighted by Crippen LogP contribution is 2.39. The molecule has 0 amide bonds. The molecule has 2 N–H and O–H groups in total. The average molecular weight is 226 g/mol. The zero-order chi connectivity index (χ0) is 11.8. The van der Waals surface area contributed by atoms with Crippen molar-refractivity contribution in [1.82, 2.24) is 4.90 Å². The van der Waals surface area contributed by atoms with E-state index in [1.807, 2.05) is 0 Å². The second-order valence-electron chi connectivity index (χ2n) is 6.00. The summed E-state index contributed by atoms with van der Waals surface area (Å²) in [5.74, 6) is 0. The highest BCUT2D eigenvalue weighted by molar-refractivity contribution is 5.00. The molecule has 2 aliphatic rings. The Kier molecular flexibility index (Phi) is 3.57. The maximum absolute atomic E-state index is 6.42. The molecule has 94 valence electrons. The Bertz CT molecular complexity index is 242. The number of ether oxygens (including phenoxy) is 1. The van der Waals surface area contributed by atoms with Gasteiger partial charge in [-0.05, 0) is 24.7 Å². The molecule has 0 aromatic heterocycles. The van der Waals surface area contributed by atoms with Gasteiger partial charge in [-0.15, -0.1) is 0 Å². The quantitative estimate of drug-likeness (QED) is 0.777. The zero-order valence-electron chi connectivity index (χ0n) is 10.9. The van der Waals surface area contributed by atoms with Gasteiger partial charge in [0.25, 0.3) is 0 Å². The molecule has 2 rings (SSSR count). The van der Waals surface area contributed by atoms with Crippen molar-refractivity contribution in [2.75, 3.05) is 19.8 Å². The number of morpholine rings is 1. The summed E-state index contributed by atoms with van der Waals surface area (Å²) in [6, 6.07) is 1.47.